The average Bonchev–Trinajstić information content (AvgIpc) is 3.33. The Bertz CT molecular complexity index is 1030. The van der Waals surface area contributed by atoms with E-state index < -0.39 is 0 Å². The van der Waals surface area contributed by atoms with Crippen LogP contribution in [0.15, 0.2) is 78.9 Å². The Balaban J connectivity index is 1.51. The van der Waals surface area contributed by atoms with Crippen molar-refractivity contribution in [2.75, 3.05) is 23.3 Å². The normalized spacial score (nSPS) is 13.1. The summed E-state index contributed by atoms with van der Waals surface area (Å²) in [5.41, 5.74) is 4.15. The molecule has 5 nitrogen and oxygen atoms in total. The number of rotatable bonds is 7. The van der Waals surface area contributed by atoms with E-state index in [1.165, 1.54) is 0 Å². The van der Waals surface area contributed by atoms with Crippen molar-refractivity contribution in [1.29, 1.82) is 0 Å². The molecular formula is C26H27N3O2. The summed E-state index contributed by atoms with van der Waals surface area (Å²) in [5.74, 6) is -0.235. The van der Waals surface area contributed by atoms with Crippen molar-refractivity contribution >= 4 is 23.2 Å². The predicted molar refractivity (Wildman–Crippen MR) is 124 cm³/mol. The van der Waals surface area contributed by atoms with E-state index in [1.807, 2.05) is 72.8 Å². The molecule has 0 spiro atoms. The third-order valence-corrected chi connectivity index (χ3v) is 5.48. The van der Waals surface area contributed by atoms with Gasteiger partial charge in [0.2, 0.25) is 5.91 Å². The van der Waals surface area contributed by atoms with E-state index in [-0.39, 0.29) is 11.8 Å². The molecule has 1 saturated heterocycles. The molecule has 31 heavy (non-hydrogen) atoms. The number of benzene rings is 3. The fourth-order valence-electron chi connectivity index (χ4n) is 3.89. The zero-order valence-electron chi connectivity index (χ0n) is 17.5. The molecule has 0 bridgehead atoms. The van der Waals surface area contributed by atoms with Gasteiger partial charge >= 0.3 is 0 Å². The molecule has 2 N–H and O–H groups in total. The third-order valence-electron chi connectivity index (χ3n) is 5.48. The first-order valence-electron chi connectivity index (χ1n) is 10.7. The number of carbonyl (C=O) groups is 2. The first-order chi connectivity index (χ1) is 15.2. The summed E-state index contributed by atoms with van der Waals surface area (Å²) in [5, 5.41) is 5.96. The second-order valence-electron chi connectivity index (χ2n) is 7.80. The molecule has 0 radical (unpaired) electrons. The highest BCUT2D eigenvalue weighted by atomic mass is 16.2. The number of carbonyl (C=O) groups excluding carboxylic acids is 2. The number of hydrogen-bond acceptors (Lipinski definition) is 3. The van der Waals surface area contributed by atoms with Gasteiger partial charge in [-0.3, -0.25) is 9.59 Å². The predicted octanol–water partition coefficient (Wildman–Crippen LogP) is 4.40. The fraction of sp³-hybridized carbons (Fsp3) is 0.231. The van der Waals surface area contributed by atoms with Crippen LogP contribution in [0.2, 0.25) is 0 Å². The summed E-state index contributed by atoms with van der Waals surface area (Å²) in [7, 11) is 0. The molecule has 3 aromatic carbocycles. The van der Waals surface area contributed by atoms with E-state index in [0.717, 1.165) is 42.7 Å². The van der Waals surface area contributed by atoms with Crippen molar-refractivity contribution in [3.63, 3.8) is 0 Å². The molecular weight excluding hydrogens is 386 g/mol. The van der Waals surface area contributed by atoms with Gasteiger partial charge in [-0.2, -0.15) is 0 Å². The van der Waals surface area contributed by atoms with Gasteiger partial charge in [-0.15, -0.1) is 0 Å². The van der Waals surface area contributed by atoms with Crippen LogP contribution in [-0.2, 0) is 17.8 Å². The monoisotopic (exact) mass is 413 g/mol. The Morgan fingerprint density at radius 2 is 1.45 bits per heavy atom. The lowest BCUT2D eigenvalue weighted by Gasteiger charge is -2.22. The number of amides is 2. The number of hydrogen-bond donors (Lipinski definition) is 2. The van der Waals surface area contributed by atoms with E-state index in [2.05, 4.69) is 15.5 Å². The SMILES string of the molecule is O=C(Cc1ccccc1)Nc1ccc(N2CCCC2)c(C(=O)NCc2ccccc2)c1. The second kappa shape index (κ2) is 9.94. The Kier molecular flexibility index (Phi) is 6.62. The summed E-state index contributed by atoms with van der Waals surface area (Å²) in [6.07, 6.45) is 2.55. The molecule has 3 aromatic rings. The highest BCUT2D eigenvalue weighted by Crippen LogP contribution is 2.28. The van der Waals surface area contributed by atoms with E-state index in [1.54, 1.807) is 6.07 Å². The van der Waals surface area contributed by atoms with Crippen molar-refractivity contribution in [2.45, 2.75) is 25.8 Å². The Morgan fingerprint density at radius 3 is 2.13 bits per heavy atom. The van der Waals surface area contributed by atoms with E-state index in [4.69, 9.17) is 0 Å². The topological polar surface area (TPSA) is 61.4 Å². The van der Waals surface area contributed by atoms with Crippen LogP contribution in [0.1, 0.15) is 34.3 Å². The molecule has 0 unspecified atom stereocenters. The van der Waals surface area contributed by atoms with Gasteiger partial charge in [0, 0.05) is 31.0 Å². The second-order valence-corrected chi connectivity index (χ2v) is 7.80. The molecule has 5 heteroatoms. The molecule has 0 aromatic heterocycles. The maximum absolute atomic E-state index is 13.1. The molecule has 0 atom stereocenters. The van der Waals surface area contributed by atoms with Crippen molar-refractivity contribution in [3.8, 4) is 0 Å². The molecule has 1 aliphatic heterocycles. The largest absolute Gasteiger partial charge is 0.371 e. The minimum atomic E-state index is -0.134. The molecule has 2 amide bonds. The van der Waals surface area contributed by atoms with Gasteiger partial charge in [0.05, 0.1) is 12.0 Å². The molecule has 158 valence electrons. The molecule has 4 rings (SSSR count). The molecule has 1 heterocycles. The van der Waals surface area contributed by atoms with Gasteiger partial charge in [-0.05, 0) is 42.2 Å². The standard InChI is InChI=1S/C26H27N3O2/c30-25(17-20-9-3-1-4-10-20)28-22-13-14-24(29-15-7-8-16-29)23(18-22)26(31)27-19-21-11-5-2-6-12-21/h1-6,9-14,18H,7-8,15-17,19H2,(H,27,31)(H,28,30). The summed E-state index contributed by atoms with van der Waals surface area (Å²) >= 11 is 0. The number of nitrogens with zero attached hydrogens (tertiary/aromatic N) is 1. The lowest BCUT2D eigenvalue weighted by Crippen LogP contribution is -2.27. The zero-order chi connectivity index (χ0) is 21.5. The Morgan fingerprint density at radius 1 is 0.806 bits per heavy atom. The van der Waals surface area contributed by atoms with Crippen LogP contribution in [0.25, 0.3) is 0 Å². The van der Waals surface area contributed by atoms with Crippen LogP contribution < -0.4 is 15.5 Å². The quantitative estimate of drug-likeness (QED) is 0.604. The van der Waals surface area contributed by atoms with Gasteiger partial charge < -0.3 is 15.5 Å². The van der Waals surface area contributed by atoms with E-state index in [0.29, 0.717) is 24.2 Å². The van der Waals surface area contributed by atoms with Crippen molar-refractivity contribution in [3.05, 3.63) is 95.6 Å². The van der Waals surface area contributed by atoms with Gasteiger partial charge in [0.25, 0.3) is 5.91 Å². The van der Waals surface area contributed by atoms with Crippen molar-refractivity contribution < 1.29 is 9.59 Å². The van der Waals surface area contributed by atoms with Crippen LogP contribution in [0.3, 0.4) is 0 Å². The fourth-order valence-corrected chi connectivity index (χ4v) is 3.89. The minimum Gasteiger partial charge on any atom is -0.371 e. The van der Waals surface area contributed by atoms with E-state index in [9.17, 15) is 9.59 Å². The first kappa shape index (κ1) is 20.7. The van der Waals surface area contributed by atoms with Gasteiger partial charge in [-0.1, -0.05) is 60.7 Å². The maximum Gasteiger partial charge on any atom is 0.253 e. The third kappa shape index (κ3) is 5.51. The molecule has 1 fully saturated rings. The lowest BCUT2D eigenvalue weighted by molar-refractivity contribution is -0.115. The Hall–Kier alpha value is -3.60. The summed E-state index contributed by atoms with van der Waals surface area (Å²) < 4.78 is 0. The lowest BCUT2D eigenvalue weighted by atomic mass is 10.1. The average molecular weight is 414 g/mol. The summed E-state index contributed by atoms with van der Waals surface area (Å²) in [6.45, 7) is 2.35. The van der Waals surface area contributed by atoms with E-state index >= 15 is 0 Å². The summed E-state index contributed by atoms with van der Waals surface area (Å²) in [4.78, 5) is 27.8. The van der Waals surface area contributed by atoms with Crippen molar-refractivity contribution in [2.24, 2.45) is 0 Å². The number of anilines is 2. The van der Waals surface area contributed by atoms with Gasteiger partial charge in [0.1, 0.15) is 0 Å². The highest BCUT2D eigenvalue weighted by molar-refractivity contribution is 6.02. The number of nitrogens with one attached hydrogen (secondary N) is 2. The van der Waals surface area contributed by atoms with Crippen LogP contribution in [0.4, 0.5) is 11.4 Å². The zero-order valence-corrected chi connectivity index (χ0v) is 17.5. The van der Waals surface area contributed by atoms with Crippen LogP contribution >= 0.6 is 0 Å². The van der Waals surface area contributed by atoms with Crippen LogP contribution in [-0.4, -0.2) is 24.9 Å². The van der Waals surface area contributed by atoms with Crippen LogP contribution in [0, 0.1) is 0 Å². The smallest absolute Gasteiger partial charge is 0.253 e. The van der Waals surface area contributed by atoms with Gasteiger partial charge in [-0.25, -0.2) is 0 Å². The Labute approximate surface area is 183 Å². The molecule has 0 aliphatic carbocycles. The van der Waals surface area contributed by atoms with Crippen molar-refractivity contribution in [1.82, 2.24) is 5.32 Å². The van der Waals surface area contributed by atoms with Crippen LogP contribution in [0.5, 0.6) is 0 Å². The van der Waals surface area contributed by atoms with Gasteiger partial charge in [0.15, 0.2) is 0 Å². The molecule has 0 saturated carbocycles. The maximum atomic E-state index is 13.1. The summed E-state index contributed by atoms with van der Waals surface area (Å²) in [6, 6.07) is 25.1. The first-order valence-corrected chi connectivity index (χ1v) is 10.7. The minimum absolute atomic E-state index is 0.101. The highest BCUT2D eigenvalue weighted by Gasteiger charge is 2.20. The molecule has 1 aliphatic rings.